The van der Waals surface area contributed by atoms with Crippen LogP contribution in [0.4, 0.5) is 4.39 Å². The molecule has 3 heteroatoms. The molecule has 0 amide bonds. The van der Waals surface area contributed by atoms with Crippen LogP contribution in [0.3, 0.4) is 0 Å². The summed E-state index contributed by atoms with van der Waals surface area (Å²) in [5, 5.41) is 7.49. The van der Waals surface area contributed by atoms with Crippen LogP contribution in [-0.2, 0) is 0 Å². The largest absolute Gasteiger partial charge is 0.282 e. The van der Waals surface area contributed by atoms with Crippen molar-refractivity contribution in [3.63, 3.8) is 0 Å². The molecular formula is C9H9FN2. The number of halogens is 1. The van der Waals surface area contributed by atoms with Crippen molar-refractivity contribution in [1.29, 1.82) is 0 Å². The lowest BCUT2D eigenvalue weighted by Gasteiger charge is -1.95. The van der Waals surface area contributed by atoms with Crippen LogP contribution in [0.25, 0.3) is 10.9 Å². The monoisotopic (exact) mass is 164 g/mol. The topological polar surface area (TPSA) is 28.7 Å². The number of aryl methyl sites for hydroxylation is 2. The number of hydrogen-bond acceptors (Lipinski definition) is 1. The van der Waals surface area contributed by atoms with Gasteiger partial charge in [0.1, 0.15) is 5.52 Å². The third kappa shape index (κ3) is 0.826. The van der Waals surface area contributed by atoms with Gasteiger partial charge in [-0.2, -0.15) is 5.10 Å². The third-order valence-electron chi connectivity index (χ3n) is 2.05. The molecule has 2 nitrogen and oxygen atoms in total. The predicted octanol–water partition coefficient (Wildman–Crippen LogP) is 2.32. The highest BCUT2D eigenvalue weighted by Crippen LogP contribution is 2.20. The Bertz CT molecular complexity index is 431. The van der Waals surface area contributed by atoms with E-state index in [0.29, 0.717) is 11.1 Å². The van der Waals surface area contributed by atoms with Crippen LogP contribution in [0.15, 0.2) is 12.1 Å². The first-order chi connectivity index (χ1) is 5.70. The molecule has 0 aliphatic heterocycles. The molecule has 0 radical (unpaired) electrons. The van der Waals surface area contributed by atoms with E-state index in [9.17, 15) is 4.39 Å². The standard InChI is InChI=1S/C9H9FN2/c1-5-3-4-7-6(2)11-12-9(7)8(5)10/h3-4H,1-2H3,(H,11,12). The van der Waals surface area contributed by atoms with E-state index in [-0.39, 0.29) is 5.82 Å². The van der Waals surface area contributed by atoms with Gasteiger partial charge in [0, 0.05) is 11.1 Å². The lowest BCUT2D eigenvalue weighted by atomic mass is 10.1. The summed E-state index contributed by atoms with van der Waals surface area (Å²) in [6.07, 6.45) is 0. The minimum Gasteiger partial charge on any atom is -0.282 e. The number of H-pyrrole nitrogens is 1. The Hall–Kier alpha value is -1.38. The molecular weight excluding hydrogens is 155 g/mol. The zero-order valence-electron chi connectivity index (χ0n) is 6.98. The predicted molar refractivity (Wildman–Crippen MR) is 45.5 cm³/mol. The molecule has 1 aromatic heterocycles. The van der Waals surface area contributed by atoms with Crippen molar-refractivity contribution in [3.05, 3.63) is 29.2 Å². The lowest BCUT2D eigenvalue weighted by Crippen LogP contribution is -1.83. The number of hydrogen-bond donors (Lipinski definition) is 1. The number of aromatic nitrogens is 2. The highest BCUT2D eigenvalue weighted by molar-refractivity contribution is 5.82. The minimum atomic E-state index is -0.225. The summed E-state index contributed by atoms with van der Waals surface area (Å²) in [5.41, 5.74) is 1.98. The van der Waals surface area contributed by atoms with Gasteiger partial charge in [0.05, 0.1) is 0 Å². The van der Waals surface area contributed by atoms with Gasteiger partial charge in [0.15, 0.2) is 5.82 Å². The van der Waals surface area contributed by atoms with Gasteiger partial charge in [-0.25, -0.2) is 4.39 Å². The number of nitrogens with one attached hydrogen (secondary N) is 1. The van der Waals surface area contributed by atoms with E-state index in [1.165, 1.54) is 0 Å². The van der Waals surface area contributed by atoms with Crippen molar-refractivity contribution >= 4 is 10.9 Å². The van der Waals surface area contributed by atoms with E-state index in [2.05, 4.69) is 10.2 Å². The number of rotatable bonds is 0. The zero-order valence-corrected chi connectivity index (χ0v) is 6.98. The first-order valence-electron chi connectivity index (χ1n) is 3.80. The Balaban J connectivity index is 2.93. The van der Waals surface area contributed by atoms with E-state index in [0.717, 1.165) is 11.1 Å². The van der Waals surface area contributed by atoms with Crippen molar-refractivity contribution < 1.29 is 4.39 Å². The Morgan fingerprint density at radius 2 is 2.08 bits per heavy atom. The van der Waals surface area contributed by atoms with Crippen molar-refractivity contribution in [2.45, 2.75) is 13.8 Å². The van der Waals surface area contributed by atoms with E-state index in [4.69, 9.17) is 0 Å². The summed E-state index contributed by atoms with van der Waals surface area (Å²) in [6, 6.07) is 3.65. The highest BCUT2D eigenvalue weighted by atomic mass is 19.1. The normalized spacial score (nSPS) is 10.9. The van der Waals surface area contributed by atoms with E-state index in [1.54, 1.807) is 13.0 Å². The van der Waals surface area contributed by atoms with Gasteiger partial charge in [-0.15, -0.1) is 0 Å². The Kier molecular flexibility index (Phi) is 1.40. The first-order valence-corrected chi connectivity index (χ1v) is 3.80. The van der Waals surface area contributed by atoms with Crippen LogP contribution < -0.4 is 0 Å². The summed E-state index contributed by atoms with van der Waals surface area (Å²) in [7, 11) is 0. The quantitative estimate of drug-likeness (QED) is 0.636. The Labute approximate surface area is 69.4 Å². The fraction of sp³-hybridized carbons (Fsp3) is 0.222. The van der Waals surface area contributed by atoms with Gasteiger partial charge in [-0.3, -0.25) is 5.10 Å². The molecule has 0 saturated carbocycles. The molecule has 2 rings (SSSR count). The van der Waals surface area contributed by atoms with Gasteiger partial charge >= 0.3 is 0 Å². The van der Waals surface area contributed by atoms with Crippen LogP contribution in [0, 0.1) is 19.7 Å². The third-order valence-corrected chi connectivity index (χ3v) is 2.05. The maximum Gasteiger partial charge on any atom is 0.154 e. The SMILES string of the molecule is Cc1ccc2c(C)[nH]nc2c1F. The Morgan fingerprint density at radius 3 is 2.83 bits per heavy atom. The van der Waals surface area contributed by atoms with Crippen molar-refractivity contribution in [1.82, 2.24) is 10.2 Å². The highest BCUT2D eigenvalue weighted by Gasteiger charge is 2.07. The first kappa shape index (κ1) is 7.28. The van der Waals surface area contributed by atoms with Crippen LogP contribution in [0.1, 0.15) is 11.3 Å². The molecule has 62 valence electrons. The number of benzene rings is 1. The molecule has 0 fully saturated rings. The van der Waals surface area contributed by atoms with Crippen LogP contribution in [-0.4, -0.2) is 10.2 Å². The fourth-order valence-corrected chi connectivity index (χ4v) is 1.28. The number of nitrogens with zero attached hydrogens (tertiary/aromatic N) is 1. The molecule has 0 spiro atoms. The Morgan fingerprint density at radius 1 is 1.33 bits per heavy atom. The van der Waals surface area contributed by atoms with Gasteiger partial charge in [0.25, 0.3) is 0 Å². The lowest BCUT2D eigenvalue weighted by molar-refractivity contribution is 0.627. The molecule has 2 aromatic rings. The molecule has 0 saturated heterocycles. The molecule has 1 aromatic carbocycles. The number of fused-ring (bicyclic) bond motifs is 1. The fourth-order valence-electron chi connectivity index (χ4n) is 1.28. The molecule has 12 heavy (non-hydrogen) atoms. The second-order valence-corrected chi connectivity index (χ2v) is 2.94. The average Bonchev–Trinajstić information content (AvgIpc) is 2.41. The second kappa shape index (κ2) is 2.30. The molecule has 1 heterocycles. The molecule has 0 bridgehead atoms. The minimum absolute atomic E-state index is 0.225. The van der Waals surface area contributed by atoms with Gasteiger partial charge in [0.2, 0.25) is 0 Å². The molecule has 0 unspecified atom stereocenters. The average molecular weight is 164 g/mol. The molecule has 1 N–H and O–H groups in total. The van der Waals surface area contributed by atoms with Crippen LogP contribution in [0.2, 0.25) is 0 Å². The van der Waals surface area contributed by atoms with Gasteiger partial charge in [-0.1, -0.05) is 12.1 Å². The summed E-state index contributed by atoms with van der Waals surface area (Å²) >= 11 is 0. The van der Waals surface area contributed by atoms with Crippen LogP contribution >= 0.6 is 0 Å². The summed E-state index contributed by atoms with van der Waals surface area (Å²) in [5.74, 6) is -0.225. The van der Waals surface area contributed by atoms with Gasteiger partial charge in [-0.05, 0) is 19.4 Å². The van der Waals surface area contributed by atoms with Crippen LogP contribution in [0.5, 0.6) is 0 Å². The molecule has 0 atom stereocenters. The molecule has 0 aliphatic rings. The molecule has 0 aliphatic carbocycles. The van der Waals surface area contributed by atoms with E-state index in [1.807, 2.05) is 13.0 Å². The summed E-state index contributed by atoms with van der Waals surface area (Å²) in [4.78, 5) is 0. The van der Waals surface area contributed by atoms with Crippen molar-refractivity contribution in [2.75, 3.05) is 0 Å². The second-order valence-electron chi connectivity index (χ2n) is 2.94. The van der Waals surface area contributed by atoms with Gasteiger partial charge < -0.3 is 0 Å². The maximum atomic E-state index is 13.3. The van der Waals surface area contributed by atoms with Crippen molar-refractivity contribution in [3.8, 4) is 0 Å². The summed E-state index contributed by atoms with van der Waals surface area (Å²) < 4.78 is 13.3. The van der Waals surface area contributed by atoms with Crippen molar-refractivity contribution in [2.24, 2.45) is 0 Å². The maximum absolute atomic E-state index is 13.3. The van der Waals surface area contributed by atoms with E-state index >= 15 is 0 Å². The number of aromatic amines is 1. The zero-order chi connectivity index (χ0) is 8.72. The van der Waals surface area contributed by atoms with E-state index < -0.39 is 0 Å². The summed E-state index contributed by atoms with van der Waals surface area (Å²) in [6.45, 7) is 3.61. The smallest absolute Gasteiger partial charge is 0.154 e.